The molecule has 182 valence electrons. The second kappa shape index (κ2) is 11.3. The van der Waals surface area contributed by atoms with Crippen LogP contribution in [-0.4, -0.2) is 30.8 Å². The third kappa shape index (κ3) is 6.23. The van der Waals surface area contributed by atoms with Gasteiger partial charge in [-0.15, -0.1) is 0 Å². The van der Waals surface area contributed by atoms with Crippen LogP contribution in [0.1, 0.15) is 11.1 Å². The smallest absolute Gasteiger partial charge is 0.250 e. The molecule has 0 aliphatic heterocycles. The summed E-state index contributed by atoms with van der Waals surface area (Å²) in [6.45, 7) is 0.269. The third-order valence-corrected chi connectivity index (χ3v) is 7.56. The zero-order valence-corrected chi connectivity index (χ0v) is 21.2. The molecule has 6 nitrogen and oxygen atoms in total. The predicted molar refractivity (Wildman–Crippen MR) is 149 cm³/mol. The maximum absolute atomic E-state index is 12.9. The van der Waals surface area contributed by atoms with Gasteiger partial charge in [0.25, 0.3) is 0 Å². The van der Waals surface area contributed by atoms with Crippen LogP contribution in [0.4, 0.5) is 5.69 Å². The molecule has 0 saturated heterocycles. The van der Waals surface area contributed by atoms with Crippen molar-refractivity contribution in [3.63, 3.8) is 0 Å². The van der Waals surface area contributed by atoms with Crippen LogP contribution in [0.2, 0.25) is 0 Å². The summed E-state index contributed by atoms with van der Waals surface area (Å²) in [5, 5.41) is 7.76. The number of sulfonamides is 1. The van der Waals surface area contributed by atoms with Crippen molar-refractivity contribution in [3.05, 3.63) is 114 Å². The molecular weight excluding hydrogens is 490 g/mol. The van der Waals surface area contributed by atoms with Gasteiger partial charge in [0.1, 0.15) is 0 Å². The van der Waals surface area contributed by atoms with E-state index in [-0.39, 0.29) is 22.5 Å². The first kappa shape index (κ1) is 25.2. The van der Waals surface area contributed by atoms with Crippen molar-refractivity contribution >= 4 is 55.8 Å². The molecule has 4 aromatic carbocycles. The van der Waals surface area contributed by atoms with Gasteiger partial charge in [0.2, 0.25) is 15.9 Å². The van der Waals surface area contributed by atoms with Gasteiger partial charge in [0.05, 0.1) is 4.90 Å². The molecule has 0 spiro atoms. The maximum atomic E-state index is 12.9. The standard InChI is InChI=1S/C28H25N3O3S2/c1-31(20-21-8-3-2-4-9-21)36(33,34)25-17-15-24(16-18-25)29-28(35)30-27(32)19-14-23-12-7-11-22-10-5-6-13-26(22)23/h2-19H,20H2,1H3,(H2,29,30,32,35). The van der Waals surface area contributed by atoms with E-state index in [1.54, 1.807) is 25.3 Å². The lowest BCUT2D eigenvalue weighted by molar-refractivity contribution is -0.115. The van der Waals surface area contributed by atoms with E-state index in [1.807, 2.05) is 72.8 Å². The average molecular weight is 516 g/mol. The first-order chi connectivity index (χ1) is 17.3. The van der Waals surface area contributed by atoms with Crippen molar-refractivity contribution < 1.29 is 13.2 Å². The number of amides is 1. The van der Waals surface area contributed by atoms with Gasteiger partial charge < -0.3 is 5.32 Å². The van der Waals surface area contributed by atoms with Crippen LogP contribution < -0.4 is 10.6 Å². The van der Waals surface area contributed by atoms with Gasteiger partial charge in [-0.1, -0.05) is 72.8 Å². The summed E-state index contributed by atoms with van der Waals surface area (Å²) >= 11 is 5.24. The van der Waals surface area contributed by atoms with Crippen molar-refractivity contribution in [1.82, 2.24) is 9.62 Å². The molecule has 4 aromatic rings. The van der Waals surface area contributed by atoms with E-state index < -0.39 is 10.0 Å². The Bertz CT molecular complexity index is 1510. The number of nitrogens with zero attached hydrogens (tertiary/aromatic N) is 1. The Labute approximate surface area is 216 Å². The number of carbonyl (C=O) groups excluding carboxylic acids is 1. The maximum Gasteiger partial charge on any atom is 0.250 e. The number of fused-ring (bicyclic) bond motifs is 1. The summed E-state index contributed by atoms with van der Waals surface area (Å²) in [4.78, 5) is 12.5. The monoisotopic (exact) mass is 515 g/mol. The zero-order chi connectivity index (χ0) is 25.5. The van der Waals surface area contributed by atoms with Crippen LogP contribution in [0.25, 0.3) is 16.8 Å². The second-order valence-electron chi connectivity index (χ2n) is 8.12. The fraction of sp³-hybridized carbons (Fsp3) is 0.0714. The molecule has 0 saturated carbocycles. The Balaban J connectivity index is 1.35. The van der Waals surface area contributed by atoms with Gasteiger partial charge in [0, 0.05) is 25.4 Å². The Kier molecular flexibility index (Phi) is 7.90. The summed E-state index contributed by atoms with van der Waals surface area (Å²) in [5.74, 6) is -0.373. The number of benzene rings is 4. The fourth-order valence-electron chi connectivity index (χ4n) is 3.69. The van der Waals surface area contributed by atoms with Crippen molar-refractivity contribution in [2.45, 2.75) is 11.4 Å². The van der Waals surface area contributed by atoms with Gasteiger partial charge in [0.15, 0.2) is 5.11 Å². The average Bonchev–Trinajstić information content (AvgIpc) is 2.88. The van der Waals surface area contributed by atoms with Gasteiger partial charge >= 0.3 is 0 Å². The van der Waals surface area contributed by atoms with Crippen molar-refractivity contribution in [2.24, 2.45) is 0 Å². The van der Waals surface area contributed by atoms with Crippen LogP contribution >= 0.6 is 12.2 Å². The molecule has 1 amide bonds. The second-order valence-corrected chi connectivity index (χ2v) is 10.6. The fourth-order valence-corrected chi connectivity index (χ4v) is 5.07. The molecule has 0 unspecified atom stereocenters. The van der Waals surface area contributed by atoms with Gasteiger partial charge in [-0.2, -0.15) is 4.31 Å². The van der Waals surface area contributed by atoms with Crippen LogP contribution in [0, 0.1) is 0 Å². The van der Waals surface area contributed by atoms with E-state index in [1.165, 1.54) is 22.5 Å². The summed E-state index contributed by atoms with van der Waals surface area (Å²) in [7, 11) is -2.11. The molecule has 4 rings (SSSR count). The highest BCUT2D eigenvalue weighted by Gasteiger charge is 2.20. The first-order valence-corrected chi connectivity index (χ1v) is 13.1. The minimum absolute atomic E-state index is 0.111. The number of anilines is 1. The van der Waals surface area contributed by atoms with E-state index >= 15 is 0 Å². The Morgan fingerprint density at radius 3 is 2.31 bits per heavy atom. The molecule has 0 aromatic heterocycles. The minimum Gasteiger partial charge on any atom is -0.332 e. The topological polar surface area (TPSA) is 78.5 Å². The molecule has 0 bridgehead atoms. The van der Waals surface area contributed by atoms with E-state index in [0.29, 0.717) is 5.69 Å². The van der Waals surface area contributed by atoms with Gasteiger partial charge in [-0.25, -0.2) is 8.42 Å². The first-order valence-electron chi connectivity index (χ1n) is 11.2. The largest absolute Gasteiger partial charge is 0.332 e. The molecule has 0 radical (unpaired) electrons. The van der Waals surface area contributed by atoms with Crippen molar-refractivity contribution in [3.8, 4) is 0 Å². The quantitative estimate of drug-likeness (QED) is 0.262. The SMILES string of the molecule is CN(Cc1ccccc1)S(=O)(=O)c1ccc(NC(=S)NC(=O)C=Cc2cccc3ccccc23)cc1. The molecule has 0 fully saturated rings. The number of nitrogens with one attached hydrogen (secondary N) is 2. The van der Waals surface area contributed by atoms with E-state index in [2.05, 4.69) is 10.6 Å². The normalized spacial score (nSPS) is 11.6. The highest BCUT2D eigenvalue weighted by Crippen LogP contribution is 2.20. The lowest BCUT2D eigenvalue weighted by Crippen LogP contribution is -2.32. The summed E-state index contributed by atoms with van der Waals surface area (Å²) in [6, 6.07) is 29.5. The van der Waals surface area contributed by atoms with Crippen LogP contribution in [0.5, 0.6) is 0 Å². The minimum atomic E-state index is -3.66. The van der Waals surface area contributed by atoms with E-state index in [4.69, 9.17) is 12.2 Å². The molecule has 36 heavy (non-hydrogen) atoms. The summed E-state index contributed by atoms with van der Waals surface area (Å²) < 4.78 is 27.1. The molecular formula is C28H25N3O3S2. The lowest BCUT2D eigenvalue weighted by atomic mass is 10.0. The van der Waals surface area contributed by atoms with Gasteiger partial charge in [-0.05, 0) is 64.5 Å². The zero-order valence-electron chi connectivity index (χ0n) is 19.6. The molecule has 0 aliphatic rings. The highest BCUT2D eigenvalue weighted by molar-refractivity contribution is 7.89. The number of carbonyl (C=O) groups is 1. The Hall–Kier alpha value is -3.85. The Morgan fingerprint density at radius 1 is 0.889 bits per heavy atom. The van der Waals surface area contributed by atoms with Gasteiger partial charge in [-0.3, -0.25) is 10.1 Å². The number of hydrogen-bond acceptors (Lipinski definition) is 4. The summed E-state index contributed by atoms with van der Waals surface area (Å²) in [5.41, 5.74) is 2.39. The van der Waals surface area contributed by atoms with E-state index in [9.17, 15) is 13.2 Å². The van der Waals surface area contributed by atoms with Crippen LogP contribution in [-0.2, 0) is 21.4 Å². The molecule has 0 atom stereocenters. The van der Waals surface area contributed by atoms with Crippen molar-refractivity contribution in [1.29, 1.82) is 0 Å². The van der Waals surface area contributed by atoms with Crippen LogP contribution in [0.3, 0.4) is 0 Å². The number of rotatable bonds is 7. The Morgan fingerprint density at radius 2 is 1.56 bits per heavy atom. The summed E-state index contributed by atoms with van der Waals surface area (Å²) in [6.07, 6.45) is 3.17. The molecule has 2 N–H and O–H groups in total. The highest BCUT2D eigenvalue weighted by atomic mass is 32.2. The molecule has 0 heterocycles. The molecule has 0 aliphatic carbocycles. The van der Waals surface area contributed by atoms with Crippen LogP contribution in [0.15, 0.2) is 108 Å². The van der Waals surface area contributed by atoms with Crippen molar-refractivity contribution in [2.75, 3.05) is 12.4 Å². The van der Waals surface area contributed by atoms with E-state index in [0.717, 1.165) is 21.9 Å². The third-order valence-electron chi connectivity index (χ3n) is 5.54. The number of thiocarbonyl (C=S) groups is 1. The lowest BCUT2D eigenvalue weighted by Gasteiger charge is -2.17. The number of hydrogen-bond donors (Lipinski definition) is 2. The molecule has 8 heteroatoms. The predicted octanol–water partition coefficient (Wildman–Crippen LogP) is 5.19.